The molecule has 0 radical (unpaired) electrons. The number of nitrogens with one attached hydrogen (secondary N) is 1. The lowest BCUT2D eigenvalue weighted by Gasteiger charge is -2.12. The molecular formula is C15H20INO. The summed E-state index contributed by atoms with van der Waals surface area (Å²) in [7, 11) is 0. The largest absolute Gasteiger partial charge is 0.352 e. The van der Waals surface area contributed by atoms with E-state index in [2.05, 4.69) is 34.8 Å². The molecule has 18 heavy (non-hydrogen) atoms. The fraction of sp³-hybridized carbons (Fsp3) is 0.533. The summed E-state index contributed by atoms with van der Waals surface area (Å²) in [5.74, 6) is 1.57. The average molecular weight is 357 g/mol. The molecule has 2 atom stereocenters. The number of amides is 1. The van der Waals surface area contributed by atoms with E-state index >= 15 is 0 Å². The lowest BCUT2D eigenvalue weighted by Crippen LogP contribution is -2.29. The van der Waals surface area contributed by atoms with Gasteiger partial charge in [-0.15, -0.1) is 0 Å². The van der Waals surface area contributed by atoms with Crippen molar-refractivity contribution in [3.05, 3.63) is 32.9 Å². The predicted molar refractivity (Wildman–Crippen MR) is 82.7 cm³/mol. The molecule has 2 rings (SSSR count). The molecule has 3 heteroatoms. The Morgan fingerprint density at radius 1 is 1.44 bits per heavy atom. The van der Waals surface area contributed by atoms with E-state index in [4.69, 9.17) is 0 Å². The molecule has 0 spiro atoms. The van der Waals surface area contributed by atoms with E-state index in [0.717, 1.165) is 27.2 Å². The molecule has 1 aliphatic carbocycles. The first-order valence-corrected chi connectivity index (χ1v) is 7.69. The molecule has 0 aromatic heterocycles. The summed E-state index contributed by atoms with van der Waals surface area (Å²) in [5.41, 5.74) is 1.97. The topological polar surface area (TPSA) is 29.1 Å². The molecule has 1 amide bonds. The molecule has 1 N–H and O–H groups in total. The van der Waals surface area contributed by atoms with Crippen molar-refractivity contribution < 1.29 is 4.79 Å². The van der Waals surface area contributed by atoms with Crippen LogP contribution in [0.2, 0.25) is 0 Å². The number of hydrogen-bond acceptors (Lipinski definition) is 1. The minimum atomic E-state index is 0.0719. The average Bonchev–Trinajstić information content (AvgIpc) is 2.76. The third-order valence-corrected chi connectivity index (χ3v) is 5.22. The molecule has 0 saturated heterocycles. The van der Waals surface area contributed by atoms with Gasteiger partial charge in [-0.2, -0.15) is 0 Å². The number of rotatable bonds is 3. The molecule has 0 aliphatic heterocycles. The van der Waals surface area contributed by atoms with Crippen molar-refractivity contribution in [2.24, 2.45) is 11.8 Å². The normalized spacial score (nSPS) is 23.1. The fourth-order valence-electron chi connectivity index (χ4n) is 2.67. The number of benzene rings is 1. The number of halogens is 1. The maximum Gasteiger partial charge on any atom is 0.252 e. The van der Waals surface area contributed by atoms with Crippen LogP contribution in [0.5, 0.6) is 0 Å². The van der Waals surface area contributed by atoms with Crippen molar-refractivity contribution in [1.29, 1.82) is 0 Å². The summed E-state index contributed by atoms with van der Waals surface area (Å²) >= 11 is 2.25. The highest BCUT2D eigenvalue weighted by Crippen LogP contribution is 2.29. The highest BCUT2D eigenvalue weighted by atomic mass is 127. The molecule has 1 aliphatic rings. The zero-order chi connectivity index (χ0) is 13.1. The van der Waals surface area contributed by atoms with E-state index in [1.165, 1.54) is 19.3 Å². The standard InChI is InChI=1S/C15H20INO/c1-10-6-7-12(8-10)9-17-15(18)13-5-3-4-11(2)14(13)16/h3-5,10,12H,6-9H2,1-2H3,(H,17,18). The van der Waals surface area contributed by atoms with Crippen molar-refractivity contribution >= 4 is 28.5 Å². The van der Waals surface area contributed by atoms with E-state index < -0.39 is 0 Å². The Morgan fingerprint density at radius 3 is 2.89 bits per heavy atom. The summed E-state index contributed by atoms with van der Waals surface area (Å²) < 4.78 is 1.06. The quantitative estimate of drug-likeness (QED) is 0.820. The van der Waals surface area contributed by atoms with E-state index in [1.807, 2.05) is 25.1 Å². The first kappa shape index (κ1) is 13.8. The van der Waals surface area contributed by atoms with Crippen molar-refractivity contribution in [3.63, 3.8) is 0 Å². The Kier molecular flexibility index (Phi) is 4.65. The molecule has 1 saturated carbocycles. The SMILES string of the molecule is Cc1cccc(C(=O)NCC2CCC(C)C2)c1I. The van der Waals surface area contributed by atoms with Crippen molar-refractivity contribution in [3.8, 4) is 0 Å². The van der Waals surface area contributed by atoms with Gasteiger partial charge < -0.3 is 5.32 Å². The zero-order valence-electron chi connectivity index (χ0n) is 11.0. The minimum Gasteiger partial charge on any atom is -0.352 e. The van der Waals surface area contributed by atoms with Gasteiger partial charge in [0.15, 0.2) is 0 Å². The summed E-state index contributed by atoms with van der Waals surface area (Å²) in [5, 5.41) is 3.09. The van der Waals surface area contributed by atoms with Crippen LogP contribution in [0.3, 0.4) is 0 Å². The first-order chi connectivity index (χ1) is 8.58. The second-order valence-corrected chi connectivity index (χ2v) is 6.51. The van der Waals surface area contributed by atoms with Gasteiger partial charge in [0.25, 0.3) is 5.91 Å². The second kappa shape index (κ2) is 6.04. The number of carbonyl (C=O) groups is 1. The summed E-state index contributed by atoms with van der Waals surface area (Å²) in [6.07, 6.45) is 3.82. The van der Waals surface area contributed by atoms with Gasteiger partial charge in [-0.1, -0.05) is 25.5 Å². The third-order valence-electron chi connectivity index (χ3n) is 3.79. The molecule has 2 unspecified atom stereocenters. The van der Waals surface area contributed by atoms with E-state index in [1.54, 1.807) is 0 Å². The zero-order valence-corrected chi connectivity index (χ0v) is 13.2. The van der Waals surface area contributed by atoms with Gasteiger partial charge in [0.2, 0.25) is 0 Å². The third kappa shape index (κ3) is 3.25. The molecule has 98 valence electrons. The molecule has 1 aromatic carbocycles. The van der Waals surface area contributed by atoms with Crippen LogP contribution < -0.4 is 5.32 Å². The molecule has 1 fully saturated rings. The minimum absolute atomic E-state index is 0.0719. The van der Waals surface area contributed by atoms with Crippen LogP contribution in [0.25, 0.3) is 0 Å². The molecule has 0 bridgehead atoms. The van der Waals surface area contributed by atoms with E-state index in [9.17, 15) is 4.79 Å². The van der Waals surface area contributed by atoms with Gasteiger partial charge in [-0.3, -0.25) is 4.79 Å². The summed E-state index contributed by atoms with van der Waals surface area (Å²) in [6, 6.07) is 5.89. The molecule has 0 heterocycles. The Hall–Kier alpha value is -0.580. The lowest BCUT2D eigenvalue weighted by atomic mass is 10.1. The van der Waals surface area contributed by atoms with Gasteiger partial charge in [-0.25, -0.2) is 0 Å². The van der Waals surface area contributed by atoms with Crippen LogP contribution in [0.4, 0.5) is 0 Å². The first-order valence-electron chi connectivity index (χ1n) is 6.61. The van der Waals surface area contributed by atoms with Crippen LogP contribution in [-0.2, 0) is 0 Å². The van der Waals surface area contributed by atoms with Crippen LogP contribution in [0.15, 0.2) is 18.2 Å². The number of carbonyl (C=O) groups excluding carboxylic acids is 1. The summed E-state index contributed by atoms with van der Waals surface area (Å²) in [6.45, 7) is 5.16. The van der Waals surface area contributed by atoms with Gasteiger partial charge >= 0.3 is 0 Å². The Balaban J connectivity index is 1.94. The number of aryl methyl sites for hydroxylation is 1. The highest BCUT2D eigenvalue weighted by Gasteiger charge is 2.22. The van der Waals surface area contributed by atoms with Crippen LogP contribution >= 0.6 is 22.6 Å². The van der Waals surface area contributed by atoms with Crippen LogP contribution in [0.1, 0.15) is 42.1 Å². The number of hydrogen-bond donors (Lipinski definition) is 1. The van der Waals surface area contributed by atoms with Crippen LogP contribution in [-0.4, -0.2) is 12.5 Å². The predicted octanol–water partition coefficient (Wildman–Crippen LogP) is 3.77. The van der Waals surface area contributed by atoms with Gasteiger partial charge in [0.05, 0.1) is 5.56 Å². The van der Waals surface area contributed by atoms with Gasteiger partial charge in [0, 0.05) is 10.1 Å². The maximum atomic E-state index is 12.1. The van der Waals surface area contributed by atoms with Crippen molar-refractivity contribution in [1.82, 2.24) is 5.32 Å². The maximum absolute atomic E-state index is 12.1. The Morgan fingerprint density at radius 2 is 2.22 bits per heavy atom. The second-order valence-electron chi connectivity index (χ2n) is 5.43. The summed E-state index contributed by atoms with van der Waals surface area (Å²) in [4.78, 5) is 12.1. The van der Waals surface area contributed by atoms with Crippen LogP contribution in [0, 0.1) is 22.3 Å². The molecular weight excluding hydrogens is 337 g/mol. The van der Waals surface area contributed by atoms with Gasteiger partial charge in [-0.05, 0) is 65.8 Å². The molecule has 2 nitrogen and oxygen atoms in total. The molecule has 1 aromatic rings. The highest BCUT2D eigenvalue weighted by molar-refractivity contribution is 14.1. The van der Waals surface area contributed by atoms with Crippen molar-refractivity contribution in [2.75, 3.05) is 6.54 Å². The Bertz CT molecular complexity index is 444. The smallest absolute Gasteiger partial charge is 0.252 e. The fourth-order valence-corrected chi connectivity index (χ4v) is 3.27. The lowest BCUT2D eigenvalue weighted by molar-refractivity contribution is 0.0946. The monoisotopic (exact) mass is 357 g/mol. The van der Waals surface area contributed by atoms with Gasteiger partial charge in [0.1, 0.15) is 0 Å². The Labute approximate surface area is 123 Å². The van der Waals surface area contributed by atoms with E-state index in [-0.39, 0.29) is 5.91 Å². The van der Waals surface area contributed by atoms with Crippen molar-refractivity contribution in [2.45, 2.75) is 33.1 Å². The van der Waals surface area contributed by atoms with E-state index in [0.29, 0.717) is 5.92 Å².